The Balaban J connectivity index is 2.21. The molecule has 1 aromatic carbocycles. The van der Waals surface area contributed by atoms with E-state index < -0.39 is 32.5 Å². The first-order valence-corrected chi connectivity index (χ1v) is 12.9. The van der Waals surface area contributed by atoms with Crippen LogP contribution in [0.5, 0.6) is 5.75 Å². The lowest BCUT2D eigenvalue weighted by Gasteiger charge is -2.24. The molecule has 1 fully saturated rings. The average molecular weight is 486 g/mol. The van der Waals surface area contributed by atoms with Crippen molar-refractivity contribution in [2.75, 3.05) is 22.9 Å². The molecule has 0 heterocycles. The number of carbonyl (C=O) groups is 2. The van der Waals surface area contributed by atoms with Gasteiger partial charge in [-0.1, -0.05) is 19.8 Å². The maximum Gasteiger partial charge on any atom is 0.306 e. The summed E-state index contributed by atoms with van der Waals surface area (Å²) in [6.07, 6.45) is 6.44. The van der Waals surface area contributed by atoms with Crippen molar-refractivity contribution in [2.45, 2.75) is 70.8 Å². The third-order valence-corrected chi connectivity index (χ3v) is 5.62. The predicted octanol–water partition coefficient (Wildman–Crippen LogP) is 3.74. The lowest BCUT2D eigenvalue weighted by Crippen LogP contribution is -2.21. The Hall–Kier alpha value is -2.89. The second-order valence-corrected chi connectivity index (χ2v) is 9.75. The van der Waals surface area contributed by atoms with Crippen molar-refractivity contribution in [2.24, 2.45) is 0 Å². The number of nitro groups is 1. The molecule has 1 amide bonds. The van der Waals surface area contributed by atoms with Gasteiger partial charge in [0.05, 0.1) is 42.1 Å². The molecule has 1 saturated carbocycles. The maximum absolute atomic E-state index is 12.3. The van der Waals surface area contributed by atoms with Gasteiger partial charge in [-0.3, -0.25) is 24.4 Å². The molecule has 184 valence electrons. The largest absolute Gasteiger partial charge is 0.488 e. The van der Waals surface area contributed by atoms with Gasteiger partial charge < -0.3 is 14.8 Å². The third-order valence-electron chi connectivity index (χ3n) is 5.03. The fourth-order valence-electron chi connectivity index (χ4n) is 3.39. The van der Waals surface area contributed by atoms with E-state index in [0.717, 1.165) is 63.3 Å². The van der Waals surface area contributed by atoms with Gasteiger partial charge in [0.25, 0.3) is 5.69 Å². The van der Waals surface area contributed by atoms with Crippen LogP contribution < -0.4 is 14.8 Å². The topological polar surface area (TPSA) is 154 Å². The molecule has 33 heavy (non-hydrogen) atoms. The van der Waals surface area contributed by atoms with Crippen LogP contribution in [0.3, 0.4) is 0 Å². The molecule has 0 saturated heterocycles. The summed E-state index contributed by atoms with van der Waals surface area (Å²) in [5.74, 6) is -1.16. The van der Waals surface area contributed by atoms with E-state index in [-0.39, 0.29) is 42.7 Å². The van der Waals surface area contributed by atoms with Crippen LogP contribution in [0.2, 0.25) is 0 Å². The Morgan fingerprint density at radius 1 is 1.15 bits per heavy atom. The lowest BCUT2D eigenvalue weighted by atomic mass is 9.98. The van der Waals surface area contributed by atoms with Gasteiger partial charge in [-0.05, 0) is 38.2 Å². The normalized spacial score (nSPS) is 14.4. The van der Waals surface area contributed by atoms with Crippen LogP contribution in [0, 0.1) is 10.1 Å². The fourth-order valence-corrected chi connectivity index (χ4v) is 3.95. The summed E-state index contributed by atoms with van der Waals surface area (Å²) in [7, 11) is -3.73. The Bertz CT molecular complexity index is 959. The molecular formula is C21H31N3O8S. The van der Waals surface area contributed by atoms with Crippen LogP contribution >= 0.6 is 0 Å². The summed E-state index contributed by atoms with van der Waals surface area (Å²) in [6.45, 7) is 2.22. The van der Waals surface area contributed by atoms with Crippen LogP contribution in [0.15, 0.2) is 12.1 Å². The Morgan fingerprint density at radius 3 is 2.45 bits per heavy atom. The molecule has 0 bridgehead atoms. The number of hydrogen-bond acceptors (Lipinski definition) is 8. The highest BCUT2D eigenvalue weighted by Gasteiger charge is 2.25. The van der Waals surface area contributed by atoms with Gasteiger partial charge in [0.1, 0.15) is 5.69 Å². The Labute approximate surface area is 193 Å². The quantitative estimate of drug-likeness (QED) is 0.196. The molecule has 0 atom stereocenters. The number of rotatable bonds is 12. The number of carbonyl (C=O) groups excluding carboxylic acids is 2. The minimum absolute atomic E-state index is 0.0112. The summed E-state index contributed by atoms with van der Waals surface area (Å²) in [5, 5.41) is 14.0. The summed E-state index contributed by atoms with van der Waals surface area (Å²) in [6, 6.07) is 2.27. The highest BCUT2D eigenvalue weighted by molar-refractivity contribution is 7.92. The third kappa shape index (κ3) is 9.24. The van der Waals surface area contributed by atoms with Crippen molar-refractivity contribution in [3.8, 4) is 5.75 Å². The van der Waals surface area contributed by atoms with Crippen LogP contribution in [0.25, 0.3) is 0 Å². The number of ether oxygens (including phenoxy) is 2. The number of benzene rings is 1. The molecule has 0 aliphatic heterocycles. The zero-order valence-corrected chi connectivity index (χ0v) is 19.7. The fraction of sp³-hybridized carbons (Fsp3) is 0.619. The van der Waals surface area contributed by atoms with E-state index in [1.807, 2.05) is 6.92 Å². The van der Waals surface area contributed by atoms with E-state index in [1.54, 1.807) is 0 Å². The van der Waals surface area contributed by atoms with Gasteiger partial charge in [-0.25, -0.2) is 8.42 Å². The molecule has 12 heteroatoms. The van der Waals surface area contributed by atoms with Crippen molar-refractivity contribution in [3.05, 3.63) is 22.2 Å². The second-order valence-electron chi connectivity index (χ2n) is 8.00. The van der Waals surface area contributed by atoms with Crippen LogP contribution in [-0.4, -0.2) is 44.2 Å². The number of sulfonamides is 1. The van der Waals surface area contributed by atoms with E-state index in [1.165, 1.54) is 0 Å². The van der Waals surface area contributed by atoms with Gasteiger partial charge in [-0.15, -0.1) is 0 Å². The molecule has 0 radical (unpaired) electrons. The highest BCUT2D eigenvalue weighted by Crippen LogP contribution is 2.38. The first-order valence-electron chi connectivity index (χ1n) is 11.0. The first kappa shape index (κ1) is 26.4. The summed E-state index contributed by atoms with van der Waals surface area (Å²) >= 11 is 0. The number of nitro benzene ring substituents is 1. The number of nitrogens with one attached hydrogen (secondary N) is 2. The molecular weight excluding hydrogens is 454 g/mol. The molecule has 0 spiro atoms. The Morgan fingerprint density at radius 2 is 1.85 bits per heavy atom. The molecule has 1 aliphatic rings. The molecule has 11 nitrogen and oxygen atoms in total. The number of hydrogen-bond donors (Lipinski definition) is 2. The van der Waals surface area contributed by atoms with E-state index in [9.17, 15) is 28.1 Å². The molecule has 1 aromatic rings. The number of nitrogens with zero attached hydrogens (tertiary/aromatic N) is 1. The van der Waals surface area contributed by atoms with E-state index in [0.29, 0.717) is 0 Å². The van der Waals surface area contributed by atoms with Crippen LogP contribution in [0.4, 0.5) is 17.1 Å². The zero-order valence-electron chi connectivity index (χ0n) is 18.9. The number of anilines is 2. The summed E-state index contributed by atoms with van der Waals surface area (Å²) in [5.41, 5.74) is -0.659. The maximum atomic E-state index is 12.3. The summed E-state index contributed by atoms with van der Waals surface area (Å²) < 4.78 is 36.9. The zero-order chi connectivity index (χ0) is 24.4. The first-order chi connectivity index (χ1) is 15.6. The number of amides is 1. The van der Waals surface area contributed by atoms with E-state index in [2.05, 4.69) is 10.0 Å². The predicted molar refractivity (Wildman–Crippen MR) is 123 cm³/mol. The standard InChI is InChI=1S/C21H31N3O8S/c1-3-4-12-31-21(26)11-10-20(25)22-16-13-17(23-33(2,29)30)19(14-18(16)24(27)28)32-15-8-6-5-7-9-15/h13-15,23H,3-12H2,1-2H3,(H,22,25). The van der Waals surface area contributed by atoms with E-state index in [4.69, 9.17) is 9.47 Å². The van der Waals surface area contributed by atoms with Crippen LogP contribution in [0.1, 0.15) is 64.7 Å². The highest BCUT2D eigenvalue weighted by atomic mass is 32.2. The van der Waals surface area contributed by atoms with Gasteiger partial charge in [0.15, 0.2) is 5.75 Å². The smallest absolute Gasteiger partial charge is 0.306 e. The van der Waals surface area contributed by atoms with Crippen molar-refractivity contribution in [1.82, 2.24) is 0 Å². The van der Waals surface area contributed by atoms with Crippen molar-refractivity contribution in [3.63, 3.8) is 0 Å². The van der Waals surface area contributed by atoms with Crippen LogP contribution in [-0.2, 0) is 24.3 Å². The van der Waals surface area contributed by atoms with Gasteiger partial charge in [0.2, 0.25) is 15.9 Å². The second kappa shape index (κ2) is 12.4. The molecule has 1 aliphatic carbocycles. The number of esters is 1. The van der Waals surface area contributed by atoms with Gasteiger partial charge in [-0.2, -0.15) is 0 Å². The number of unbranched alkanes of at least 4 members (excludes halogenated alkanes) is 1. The molecule has 0 aromatic heterocycles. The molecule has 0 unspecified atom stereocenters. The van der Waals surface area contributed by atoms with Gasteiger partial charge in [0, 0.05) is 6.42 Å². The molecule has 2 N–H and O–H groups in total. The Kier molecular flexibility index (Phi) is 9.89. The van der Waals surface area contributed by atoms with E-state index >= 15 is 0 Å². The van der Waals surface area contributed by atoms with Gasteiger partial charge >= 0.3 is 5.97 Å². The van der Waals surface area contributed by atoms with Crippen molar-refractivity contribution < 1.29 is 32.4 Å². The minimum atomic E-state index is -3.73. The minimum Gasteiger partial charge on any atom is -0.488 e. The summed E-state index contributed by atoms with van der Waals surface area (Å²) in [4.78, 5) is 35.0. The lowest BCUT2D eigenvalue weighted by molar-refractivity contribution is -0.384. The molecule has 2 rings (SSSR count). The SMILES string of the molecule is CCCCOC(=O)CCC(=O)Nc1cc(NS(C)(=O)=O)c(OC2CCCCC2)cc1[N+](=O)[O-]. The monoisotopic (exact) mass is 485 g/mol. The average Bonchev–Trinajstić information content (AvgIpc) is 2.73. The van der Waals surface area contributed by atoms with Crippen molar-refractivity contribution >= 4 is 39.0 Å². The van der Waals surface area contributed by atoms with Crippen molar-refractivity contribution in [1.29, 1.82) is 0 Å².